The van der Waals surface area contributed by atoms with E-state index in [1.54, 1.807) is 30.3 Å². The van der Waals surface area contributed by atoms with Crippen molar-refractivity contribution in [2.45, 2.75) is 13.5 Å². The number of Topliss-reactive ketones (excluding diaryl/α,β-unsaturated/α-hetero) is 2. The molecule has 0 bridgehead atoms. The Labute approximate surface area is 165 Å². The van der Waals surface area contributed by atoms with Crippen molar-refractivity contribution in [3.8, 4) is 0 Å². The molecular formula is C19H12Cl3NO3. The average molecular weight is 409 g/mol. The van der Waals surface area contributed by atoms with Gasteiger partial charge >= 0.3 is 0 Å². The van der Waals surface area contributed by atoms with Gasteiger partial charge in [0.1, 0.15) is 10.7 Å². The maximum atomic E-state index is 12.9. The van der Waals surface area contributed by atoms with Crippen molar-refractivity contribution in [3.05, 3.63) is 79.9 Å². The van der Waals surface area contributed by atoms with Crippen LogP contribution in [-0.2, 0) is 11.3 Å². The van der Waals surface area contributed by atoms with Crippen LogP contribution < -0.4 is 0 Å². The second-order valence-corrected chi connectivity index (χ2v) is 6.91. The van der Waals surface area contributed by atoms with E-state index in [-0.39, 0.29) is 28.4 Å². The molecule has 132 valence electrons. The summed E-state index contributed by atoms with van der Waals surface area (Å²) in [6.45, 7) is 1.33. The first kappa shape index (κ1) is 18.6. The van der Waals surface area contributed by atoms with Crippen molar-refractivity contribution in [3.63, 3.8) is 0 Å². The van der Waals surface area contributed by atoms with Gasteiger partial charge < -0.3 is 4.90 Å². The summed E-state index contributed by atoms with van der Waals surface area (Å²) < 4.78 is 0. The molecule has 1 aliphatic carbocycles. The summed E-state index contributed by atoms with van der Waals surface area (Å²) in [5, 5.41) is 0.424. The molecular weight excluding hydrogens is 397 g/mol. The third-order valence-corrected chi connectivity index (χ3v) is 5.10. The maximum Gasteiger partial charge on any atom is 0.224 e. The lowest BCUT2D eigenvalue weighted by Crippen LogP contribution is -2.36. The van der Waals surface area contributed by atoms with Gasteiger partial charge in [0.2, 0.25) is 17.5 Å². The highest BCUT2D eigenvalue weighted by molar-refractivity contribution is 6.50. The molecule has 0 radical (unpaired) electrons. The topological polar surface area (TPSA) is 54.5 Å². The van der Waals surface area contributed by atoms with Gasteiger partial charge in [0.15, 0.2) is 0 Å². The number of fused-ring (bicyclic) bond motifs is 1. The van der Waals surface area contributed by atoms with Gasteiger partial charge in [-0.3, -0.25) is 14.4 Å². The molecule has 1 aliphatic rings. The Balaban J connectivity index is 2.06. The summed E-state index contributed by atoms with van der Waals surface area (Å²) in [4.78, 5) is 38.8. The minimum atomic E-state index is -0.489. The zero-order valence-electron chi connectivity index (χ0n) is 13.6. The van der Waals surface area contributed by atoms with Gasteiger partial charge in [-0.25, -0.2) is 0 Å². The second-order valence-electron chi connectivity index (χ2n) is 5.72. The smallest absolute Gasteiger partial charge is 0.224 e. The standard InChI is InChI=1S/C19H12Cl3NO3/c1-10(24)23(9-11-6-7-14(20)15(21)8-11)17-16(22)18(25)12-4-2-3-5-13(12)19(17)26/h2-8H,9H2,1H3. The van der Waals surface area contributed by atoms with Gasteiger partial charge in [0.05, 0.1) is 16.6 Å². The SMILES string of the molecule is CC(=O)N(Cc1ccc(Cl)c(Cl)c1)C1=C(Cl)C(=O)c2ccccc2C1=O. The van der Waals surface area contributed by atoms with Crippen LogP contribution >= 0.6 is 34.8 Å². The number of ketones is 2. The van der Waals surface area contributed by atoms with Crippen LogP contribution in [0.2, 0.25) is 10.0 Å². The fourth-order valence-electron chi connectivity index (χ4n) is 2.74. The van der Waals surface area contributed by atoms with Crippen molar-refractivity contribution < 1.29 is 14.4 Å². The number of allylic oxidation sites excluding steroid dienone is 2. The third kappa shape index (κ3) is 3.28. The molecule has 2 aromatic carbocycles. The Morgan fingerprint density at radius 1 is 0.923 bits per heavy atom. The molecule has 0 aromatic heterocycles. The Morgan fingerprint density at radius 2 is 1.54 bits per heavy atom. The summed E-state index contributed by atoms with van der Waals surface area (Å²) in [5.74, 6) is -1.39. The van der Waals surface area contributed by atoms with Gasteiger partial charge in [-0.15, -0.1) is 0 Å². The van der Waals surface area contributed by atoms with E-state index in [9.17, 15) is 14.4 Å². The van der Waals surface area contributed by atoms with Crippen molar-refractivity contribution in [1.82, 2.24) is 4.90 Å². The van der Waals surface area contributed by atoms with Crippen LogP contribution in [0.25, 0.3) is 0 Å². The quantitative estimate of drug-likeness (QED) is 0.728. The summed E-state index contributed by atoms with van der Waals surface area (Å²) in [5.41, 5.74) is 0.959. The molecule has 0 N–H and O–H groups in total. The van der Waals surface area contributed by atoms with Crippen LogP contribution in [0.1, 0.15) is 33.2 Å². The number of carbonyl (C=O) groups excluding carboxylic acids is 3. The molecule has 0 atom stereocenters. The lowest BCUT2D eigenvalue weighted by Gasteiger charge is -2.27. The Kier molecular flexibility index (Phi) is 5.19. The van der Waals surface area contributed by atoms with Gasteiger partial charge in [-0.1, -0.05) is 65.1 Å². The number of hydrogen-bond donors (Lipinski definition) is 0. The number of halogens is 3. The molecule has 0 saturated carbocycles. The van der Waals surface area contributed by atoms with Gasteiger partial charge in [0.25, 0.3) is 0 Å². The van der Waals surface area contributed by atoms with Crippen LogP contribution in [0.4, 0.5) is 0 Å². The number of rotatable bonds is 3. The number of carbonyl (C=O) groups is 3. The Hall–Kier alpha value is -2.14. The fourth-order valence-corrected chi connectivity index (χ4v) is 3.35. The van der Waals surface area contributed by atoms with Crippen molar-refractivity contribution >= 4 is 52.3 Å². The lowest BCUT2D eigenvalue weighted by atomic mass is 9.91. The first-order valence-electron chi connectivity index (χ1n) is 7.61. The van der Waals surface area contributed by atoms with Gasteiger partial charge in [-0.2, -0.15) is 0 Å². The lowest BCUT2D eigenvalue weighted by molar-refractivity contribution is -0.127. The predicted molar refractivity (Wildman–Crippen MR) is 101 cm³/mol. The molecule has 1 amide bonds. The Bertz CT molecular complexity index is 982. The highest BCUT2D eigenvalue weighted by Gasteiger charge is 2.35. The van der Waals surface area contributed by atoms with E-state index in [0.29, 0.717) is 15.6 Å². The summed E-state index contributed by atoms with van der Waals surface area (Å²) >= 11 is 18.1. The number of nitrogens with zero attached hydrogens (tertiary/aromatic N) is 1. The number of hydrogen-bond acceptors (Lipinski definition) is 3. The van der Waals surface area contributed by atoms with Crippen LogP contribution in [0.5, 0.6) is 0 Å². The molecule has 0 saturated heterocycles. The number of benzene rings is 2. The predicted octanol–water partition coefficient (Wildman–Crippen LogP) is 4.87. The minimum absolute atomic E-state index is 0.0267. The van der Waals surface area contributed by atoms with Crippen molar-refractivity contribution in [2.24, 2.45) is 0 Å². The molecule has 0 aliphatic heterocycles. The van der Waals surface area contributed by atoms with Crippen LogP contribution in [0.15, 0.2) is 53.2 Å². The molecule has 26 heavy (non-hydrogen) atoms. The monoisotopic (exact) mass is 407 g/mol. The molecule has 0 unspecified atom stereocenters. The van der Waals surface area contributed by atoms with Crippen LogP contribution in [0.3, 0.4) is 0 Å². The maximum absolute atomic E-state index is 12.9. The van der Waals surface area contributed by atoms with Gasteiger partial charge in [0, 0.05) is 18.1 Å². The van der Waals surface area contributed by atoms with Crippen molar-refractivity contribution in [1.29, 1.82) is 0 Å². The first-order chi connectivity index (χ1) is 12.3. The molecule has 0 spiro atoms. The molecule has 4 nitrogen and oxygen atoms in total. The van der Waals surface area contributed by atoms with Crippen molar-refractivity contribution in [2.75, 3.05) is 0 Å². The van der Waals surface area contributed by atoms with E-state index in [4.69, 9.17) is 34.8 Å². The molecule has 7 heteroatoms. The highest BCUT2D eigenvalue weighted by atomic mass is 35.5. The first-order valence-corrected chi connectivity index (χ1v) is 8.75. The normalized spacial score (nSPS) is 13.7. The van der Waals surface area contributed by atoms with Crippen LogP contribution in [0, 0.1) is 0 Å². The minimum Gasteiger partial charge on any atom is -0.303 e. The zero-order chi connectivity index (χ0) is 19.0. The van der Waals surface area contributed by atoms with E-state index < -0.39 is 17.5 Å². The average Bonchev–Trinajstić information content (AvgIpc) is 2.62. The second kappa shape index (κ2) is 7.23. The van der Waals surface area contributed by atoms with Gasteiger partial charge in [-0.05, 0) is 17.7 Å². The molecule has 0 heterocycles. The highest BCUT2D eigenvalue weighted by Crippen LogP contribution is 2.32. The van der Waals surface area contributed by atoms with Crippen LogP contribution in [-0.4, -0.2) is 22.4 Å². The zero-order valence-corrected chi connectivity index (χ0v) is 15.8. The van der Waals surface area contributed by atoms with E-state index in [0.717, 1.165) is 0 Å². The van der Waals surface area contributed by atoms with E-state index >= 15 is 0 Å². The summed E-state index contributed by atoms with van der Waals surface area (Å²) in [6.07, 6.45) is 0. The van der Waals surface area contributed by atoms with E-state index in [2.05, 4.69) is 0 Å². The fraction of sp³-hybridized carbons (Fsp3) is 0.105. The third-order valence-electron chi connectivity index (χ3n) is 4.01. The Morgan fingerprint density at radius 3 is 2.12 bits per heavy atom. The number of amides is 1. The molecule has 3 rings (SSSR count). The molecule has 2 aromatic rings. The van der Waals surface area contributed by atoms with E-state index in [1.807, 2.05) is 0 Å². The summed E-state index contributed by atoms with van der Waals surface area (Å²) in [6, 6.07) is 11.2. The van der Waals surface area contributed by atoms with E-state index in [1.165, 1.54) is 24.0 Å². The largest absolute Gasteiger partial charge is 0.303 e. The summed E-state index contributed by atoms with van der Waals surface area (Å²) in [7, 11) is 0. The molecule has 0 fully saturated rings.